The van der Waals surface area contributed by atoms with E-state index in [-0.39, 0.29) is 5.54 Å². The molecule has 6 nitrogen and oxygen atoms in total. The van der Waals surface area contributed by atoms with E-state index in [0.29, 0.717) is 11.8 Å². The number of hydrogen-bond donors (Lipinski definition) is 1. The molecule has 0 spiro atoms. The topological polar surface area (TPSA) is 65.1 Å². The molecule has 4 heterocycles. The van der Waals surface area contributed by atoms with Gasteiger partial charge in [-0.1, -0.05) is 0 Å². The highest BCUT2D eigenvalue weighted by Crippen LogP contribution is 2.34. The van der Waals surface area contributed by atoms with Gasteiger partial charge in [0.1, 0.15) is 0 Å². The molecule has 0 aromatic carbocycles. The van der Waals surface area contributed by atoms with Gasteiger partial charge in [-0.3, -0.25) is 14.8 Å². The molecule has 1 amide bonds. The summed E-state index contributed by atoms with van der Waals surface area (Å²) < 4.78 is 0. The third kappa shape index (κ3) is 2.82. The first kappa shape index (κ1) is 16.5. The Labute approximate surface area is 148 Å². The van der Waals surface area contributed by atoms with Crippen LogP contribution in [-0.2, 0) is 4.79 Å². The van der Waals surface area contributed by atoms with Crippen molar-refractivity contribution < 1.29 is 4.79 Å². The molecule has 2 aromatic rings. The van der Waals surface area contributed by atoms with E-state index in [0.717, 1.165) is 56.4 Å². The monoisotopic (exact) mass is 341 g/mol. The van der Waals surface area contributed by atoms with E-state index >= 15 is 0 Å². The first-order valence-corrected chi connectivity index (χ1v) is 9.39. The van der Waals surface area contributed by atoms with Crippen molar-refractivity contribution in [3.8, 4) is 0 Å². The van der Waals surface area contributed by atoms with E-state index in [1.54, 1.807) is 6.20 Å². The summed E-state index contributed by atoms with van der Waals surface area (Å²) in [6, 6.07) is 4.04. The van der Waals surface area contributed by atoms with Crippen LogP contribution in [0.4, 0.5) is 0 Å². The molecule has 1 N–H and O–H groups in total. The zero-order valence-corrected chi connectivity index (χ0v) is 15.2. The van der Waals surface area contributed by atoms with E-state index in [9.17, 15) is 4.79 Å². The van der Waals surface area contributed by atoms with Crippen LogP contribution >= 0.6 is 0 Å². The Balaban J connectivity index is 1.45. The molecule has 4 rings (SSSR count). The van der Waals surface area contributed by atoms with Crippen LogP contribution in [0.25, 0.3) is 11.0 Å². The Bertz CT molecular complexity index is 764. The van der Waals surface area contributed by atoms with Crippen molar-refractivity contribution in [2.75, 3.05) is 26.7 Å². The van der Waals surface area contributed by atoms with Gasteiger partial charge in [0, 0.05) is 36.3 Å². The molecular weight excluding hydrogens is 314 g/mol. The fourth-order valence-electron chi connectivity index (χ4n) is 4.42. The van der Waals surface area contributed by atoms with Gasteiger partial charge in [0.05, 0.1) is 5.54 Å². The van der Waals surface area contributed by atoms with Crippen molar-refractivity contribution in [3.63, 3.8) is 0 Å². The number of rotatable bonds is 2. The molecule has 2 fully saturated rings. The second-order valence-electron chi connectivity index (χ2n) is 7.73. The smallest absolute Gasteiger partial charge is 0.242 e. The second kappa shape index (κ2) is 6.41. The van der Waals surface area contributed by atoms with E-state index < -0.39 is 0 Å². The largest absolute Gasteiger partial charge is 0.341 e. The lowest BCUT2D eigenvalue weighted by atomic mass is 9.85. The van der Waals surface area contributed by atoms with Crippen LogP contribution in [0.2, 0.25) is 0 Å². The van der Waals surface area contributed by atoms with Gasteiger partial charge in [0.2, 0.25) is 5.91 Å². The van der Waals surface area contributed by atoms with Crippen LogP contribution in [0.15, 0.2) is 18.3 Å². The quantitative estimate of drug-likeness (QED) is 0.912. The summed E-state index contributed by atoms with van der Waals surface area (Å²) in [4.78, 5) is 21.8. The normalized spacial score (nSPS) is 26.2. The third-order valence-electron chi connectivity index (χ3n) is 6.26. The molecule has 2 aromatic heterocycles. The fraction of sp³-hybridized carbons (Fsp3) is 0.632. The Morgan fingerprint density at radius 3 is 2.84 bits per heavy atom. The van der Waals surface area contributed by atoms with Crippen LogP contribution in [0, 0.1) is 0 Å². The number of carbonyl (C=O) groups excluding carboxylic acids is 1. The molecule has 0 bridgehead atoms. The molecule has 0 radical (unpaired) electrons. The molecule has 2 aliphatic heterocycles. The lowest BCUT2D eigenvalue weighted by Gasteiger charge is -2.45. The molecule has 134 valence electrons. The summed E-state index contributed by atoms with van der Waals surface area (Å²) >= 11 is 0. The Kier molecular flexibility index (Phi) is 4.23. The zero-order chi connectivity index (χ0) is 17.4. The summed E-state index contributed by atoms with van der Waals surface area (Å²) in [6.45, 7) is 4.79. The average Bonchev–Trinajstić information content (AvgIpc) is 3.08. The number of fused-ring (bicyclic) bond motifs is 1. The van der Waals surface area contributed by atoms with Gasteiger partial charge in [-0.05, 0) is 64.8 Å². The van der Waals surface area contributed by atoms with Crippen molar-refractivity contribution >= 4 is 16.9 Å². The number of pyridine rings is 1. The molecule has 1 atom stereocenters. The van der Waals surface area contributed by atoms with E-state index in [1.165, 1.54) is 12.1 Å². The number of aromatic amines is 1. The van der Waals surface area contributed by atoms with Crippen LogP contribution in [0.1, 0.15) is 50.6 Å². The van der Waals surface area contributed by atoms with Crippen molar-refractivity contribution in [2.45, 2.75) is 50.5 Å². The lowest BCUT2D eigenvalue weighted by molar-refractivity contribution is -0.146. The van der Waals surface area contributed by atoms with Crippen molar-refractivity contribution in [3.05, 3.63) is 24.0 Å². The summed E-state index contributed by atoms with van der Waals surface area (Å²) in [7, 11) is 2.09. The highest BCUT2D eigenvalue weighted by molar-refractivity contribution is 5.86. The highest BCUT2D eigenvalue weighted by Gasteiger charge is 2.42. The van der Waals surface area contributed by atoms with Crippen molar-refractivity contribution in [1.29, 1.82) is 0 Å². The lowest BCUT2D eigenvalue weighted by Crippen LogP contribution is -2.59. The van der Waals surface area contributed by atoms with Gasteiger partial charge < -0.3 is 4.90 Å². The molecule has 2 aliphatic rings. The molecule has 0 aliphatic carbocycles. The molecule has 1 unspecified atom stereocenters. The molecular formula is C19H27N5O. The van der Waals surface area contributed by atoms with Gasteiger partial charge >= 0.3 is 0 Å². The van der Waals surface area contributed by atoms with Crippen LogP contribution in [0.3, 0.4) is 0 Å². The minimum Gasteiger partial charge on any atom is -0.341 e. The van der Waals surface area contributed by atoms with Crippen molar-refractivity contribution in [1.82, 2.24) is 25.0 Å². The maximum absolute atomic E-state index is 13.1. The number of piperidine rings is 2. The van der Waals surface area contributed by atoms with Gasteiger partial charge in [-0.2, -0.15) is 5.10 Å². The van der Waals surface area contributed by atoms with Crippen molar-refractivity contribution in [2.24, 2.45) is 0 Å². The first-order chi connectivity index (χ1) is 12.1. The van der Waals surface area contributed by atoms with Crippen LogP contribution < -0.4 is 0 Å². The summed E-state index contributed by atoms with van der Waals surface area (Å²) in [5, 5.41) is 8.62. The maximum Gasteiger partial charge on any atom is 0.242 e. The number of likely N-dealkylation sites (tertiary alicyclic amines) is 2. The molecule has 0 saturated carbocycles. The van der Waals surface area contributed by atoms with E-state index in [4.69, 9.17) is 0 Å². The summed E-state index contributed by atoms with van der Waals surface area (Å²) in [5.41, 5.74) is 1.64. The first-order valence-electron chi connectivity index (χ1n) is 9.39. The maximum atomic E-state index is 13.1. The molecule has 25 heavy (non-hydrogen) atoms. The SMILES string of the molecule is CN1CCCCC1(C)C(=O)N1CCC(c2[nH]nc3ncccc23)CC1. The standard InChI is InChI=1S/C19H27N5O/c1-19(9-3-4-11-23(19)2)18(25)24-12-7-14(8-13-24)16-15-6-5-10-20-17(15)22-21-16/h5-6,10,14H,3-4,7-9,11-13H2,1-2H3,(H,20,21,22). The summed E-state index contributed by atoms with van der Waals surface area (Å²) in [6.07, 6.45) is 7.06. The number of amides is 1. The number of aromatic nitrogens is 3. The average molecular weight is 341 g/mol. The molecule has 2 saturated heterocycles. The number of H-pyrrole nitrogens is 1. The van der Waals surface area contributed by atoms with Gasteiger partial charge in [-0.15, -0.1) is 0 Å². The number of hydrogen-bond acceptors (Lipinski definition) is 4. The van der Waals surface area contributed by atoms with E-state index in [1.807, 2.05) is 6.07 Å². The fourth-order valence-corrected chi connectivity index (χ4v) is 4.42. The van der Waals surface area contributed by atoms with Gasteiger partial charge in [-0.25, -0.2) is 4.98 Å². The van der Waals surface area contributed by atoms with E-state index in [2.05, 4.69) is 45.0 Å². The van der Waals surface area contributed by atoms with Crippen LogP contribution in [-0.4, -0.2) is 63.1 Å². The number of carbonyl (C=O) groups is 1. The second-order valence-corrected chi connectivity index (χ2v) is 7.73. The predicted octanol–water partition coefficient (Wildman–Crippen LogP) is 2.54. The summed E-state index contributed by atoms with van der Waals surface area (Å²) in [5.74, 6) is 0.736. The van der Waals surface area contributed by atoms with Gasteiger partial charge in [0.25, 0.3) is 0 Å². The Morgan fingerprint density at radius 1 is 1.28 bits per heavy atom. The van der Waals surface area contributed by atoms with Gasteiger partial charge in [0.15, 0.2) is 5.65 Å². The Morgan fingerprint density at radius 2 is 2.08 bits per heavy atom. The predicted molar refractivity (Wildman–Crippen MR) is 97.3 cm³/mol. The molecule has 6 heteroatoms. The minimum atomic E-state index is -0.324. The number of likely N-dealkylation sites (N-methyl/N-ethyl adjacent to an activating group) is 1. The number of nitrogens with one attached hydrogen (secondary N) is 1. The number of nitrogens with zero attached hydrogens (tertiary/aromatic N) is 4. The Hall–Kier alpha value is -1.95. The zero-order valence-electron chi connectivity index (χ0n) is 15.2. The highest BCUT2D eigenvalue weighted by atomic mass is 16.2. The van der Waals surface area contributed by atoms with Crippen LogP contribution in [0.5, 0.6) is 0 Å². The third-order valence-corrected chi connectivity index (χ3v) is 6.26. The minimum absolute atomic E-state index is 0.310.